The molecule has 1 N–H and O–H groups in total. The highest BCUT2D eigenvalue weighted by Gasteiger charge is 2.61. The maximum Gasteiger partial charge on any atom is 0.143 e. The highest BCUT2D eigenvalue weighted by atomic mass is 16.7. The zero-order chi connectivity index (χ0) is 10.0. The summed E-state index contributed by atoms with van der Waals surface area (Å²) in [6.45, 7) is 4.66. The van der Waals surface area contributed by atoms with Gasteiger partial charge in [0, 0.05) is 11.8 Å². The third-order valence-corrected chi connectivity index (χ3v) is 5.05. The fourth-order valence-electron chi connectivity index (χ4n) is 4.08. The van der Waals surface area contributed by atoms with Crippen molar-refractivity contribution in [1.82, 2.24) is 5.32 Å². The van der Waals surface area contributed by atoms with Crippen LogP contribution in [-0.4, -0.2) is 24.4 Å². The van der Waals surface area contributed by atoms with Gasteiger partial charge in [-0.05, 0) is 51.1 Å². The van der Waals surface area contributed by atoms with Gasteiger partial charge in [-0.1, -0.05) is 5.16 Å². The van der Waals surface area contributed by atoms with Crippen LogP contribution in [0, 0.1) is 23.7 Å². The topological polar surface area (TPSA) is 33.6 Å². The molecule has 3 unspecified atom stereocenters. The van der Waals surface area contributed by atoms with Crippen LogP contribution in [-0.2, 0) is 4.84 Å². The molecule has 0 amide bonds. The first kappa shape index (κ1) is 8.57. The van der Waals surface area contributed by atoms with Crippen LogP contribution in [0.5, 0.6) is 0 Å². The van der Waals surface area contributed by atoms with E-state index in [2.05, 4.69) is 17.4 Å². The lowest BCUT2D eigenvalue weighted by atomic mass is 9.86. The van der Waals surface area contributed by atoms with Crippen molar-refractivity contribution in [2.75, 3.05) is 13.1 Å². The second kappa shape index (κ2) is 2.57. The zero-order valence-electron chi connectivity index (χ0n) is 9.20. The number of hydrogen-bond acceptors (Lipinski definition) is 3. The second-order valence-electron chi connectivity index (χ2n) is 5.88. The Balaban J connectivity index is 1.59. The van der Waals surface area contributed by atoms with Gasteiger partial charge in [0.05, 0.1) is 5.71 Å². The maximum atomic E-state index is 5.71. The minimum absolute atomic E-state index is 0.0691. The number of hydrogen-bond donors (Lipinski definition) is 1. The van der Waals surface area contributed by atoms with E-state index < -0.39 is 0 Å². The Morgan fingerprint density at radius 3 is 3.00 bits per heavy atom. The summed E-state index contributed by atoms with van der Waals surface area (Å²) in [5.74, 6) is 3.19. The van der Waals surface area contributed by atoms with Gasteiger partial charge in [-0.3, -0.25) is 0 Å². The van der Waals surface area contributed by atoms with Crippen LogP contribution >= 0.6 is 0 Å². The molecule has 0 aromatic carbocycles. The molecule has 4 rings (SSSR count). The Morgan fingerprint density at radius 1 is 1.40 bits per heavy atom. The third kappa shape index (κ3) is 0.975. The zero-order valence-corrected chi connectivity index (χ0v) is 9.20. The maximum absolute atomic E-state index is 5.71. The van der Waals surface area contributed by atoms with Gasteiger partial charge in [0.2, 0.25) is 0 Å². The van der Waals surface area contributed by atoms with E-state index in [1.165, 1.54) is 38.1 Å². The van der Waals surface area contributed by atoms with Crippen molar-refractivity contribution in [2.45, 2.75) is 31.8 Å². The number of nitrogens with zero attached hydrogens (tertiary/aromatic N) is 1. The van der Waals surface area contributed by atoms with Crippen LogP contribution in [0.15, 0.2) is 5.16 Å². The largest absolute Gasteiger partial charge is 0.389 e. The van der Waals surface area contributed by atoms with Crippen LogP contribution in [0.25, 0.3) is 0 Å². The van der Waals surface area contributed by atoms with Crippen molar-refractivity contribution < 1.29 is 4.84 Å². The smallest absolute Gasteiger partial charge is 0.143 e. The fraction of sp³-hybridized carbons (Fsp3) is 0.917. The van der Waals surface area contributed by atoms with E-state index in [9.17, 15) is 0 Å². The fourth-order valence-corrected chi connectivity index (χ4v) is 4.08. The Bertz CT molecular complexity index is 331. The van der Waals surface area contributed by atoms with E-state index in [1.54, 1.807) is 0 Å². The van der Waals surface area contributed by atoms with Crippen LogP contribution in [0.3, 0.4) is 0 Å². The van der Waals surface area contributed by atoms with Gasteiger partial charge in [-0.25, -0.2) is 0 Å². The highest BCUT2D eigenvalue weighted by molar-refractivity contribution is 5.94. The Hall–Kier alpha value is -0.570. The predicted molar refractivity (Wildman–Crippen MR) is 57.6 cm³/mol. The summed E-state index contributed by atoms with van der Waals surface area (Å²) < 4.78 is 0. The number of rotatable bonds is 1. The van der Waals surface area contributed by atoms with Crippen molar-refractivity contribution in [3.63, 3.8) is 0 Å². The minimum atomic E-state index is 0.0691. The Labute approximate surface area is 90.2 Å². The van der Waals surface area contributed by atoms with E-state index in [-0.39, 0.29) is 5.60 Å². The molecule has 4 aliphatic rings. The molecule has 0 spiro atoms. The number of oxime groups is 1. The summed E-state index contributed by atoms with van der Waals surface area (Å²) >= 11 is 0. The average Bonchev–Trinajstić information content (AvgIpc) is 2.63. The third-order valence-electron chi connectivity index (χ3n) is 5.05. The summed E-state index contributed by atoms with van der Waals surface area (Å²) in [6.07, 6.45) is 3.82. The normalized spacial score (nSPS) is 55.9. The molecule has 1 saturated heterocycles. The molecule has 82 valence electrons. The summed E-state index contributed by atoms with van der Waals surface area (Å²) in [5, 5.41) is 7.87. The SMILES string of the molecule is CC12CCCC1C(C1[C@H]3CNC[C@@H]13)=NO2. The summed E-state index contributed by atoms with van der Waals surface area (Å²) in [6, 6.07) is 0. The molecule has 2 saturated carbocycles. The van der Waals surface area contributed by atoms with Crippen molar-refractivity contribution in [2.24, 2.45) is 28.8 Å². The van der Waals surface area contributed by atoms with Gasteiger partial charge in [0.15, 0.2) is 0 Å². The summed E-state index contributed by atoms with van der Waals surface area (Å²) in [5.41, 5.74) is 1.49. The van der Waals surface area contributed by atoms with Crippen LogP contribution in [0.4, 0.5) is 0 Å². The summed E-state index contributed by atoms with van der Waals surface area (Å²) in [7, 11) is 0. The first-order valence-corrected chi connectivity index (χ1v) is 6.26. The lowest BCUT2D eigenvalue weighted by Crippen LogP contribution is -2.32. The van der Waals surface area contributed by atoms with E-state index in [1.807, 2.05) is 0 Å². The number of fused-ring (bicyclic) bond motifs is 2. The molecule has 5 atom stereocenters. The van der Waals surface area contributed by atoms with E-state index in [0.717, 1.165) is 17.8 Å². The molecule has 0 bridgehead atoms. The quantitative estimate of drug-likeness (QED) is 0.703. The molecule has 15 heavy (non-hydrogen) atoms. The van der Waals surface area contributed by atoms with Crippen LogP contribution in [0.2, 0.25) is 0 Å². The highest BCUT2D eigenvalue weighted by Crippen LogP contribution is 2.56. The minimum Gasteiger partial charge on any atom is -0.389 e. The number of nitrogens with one attached hydrogen (secondary N) is 1. The molecule has 3 heteroatoms. The lowest BCUT2D eigenvalue weighted by Gasteiger charge is -2.21. The molecule has 0 radical (unpaired) electrons. The molecule has 0 aromatic rings. The lowest BCUT2D eigenvalue weighted by molar-refractivity contribution is -0.0163. The van der Waals surface area contributed by atoms with Crippen LogP contribution in [0.1, 0.15) is 26.2 Å². The molecular formula is C12H18N2O. The van der Waals surface area contributed by atoms with Gasteiger partial charge in [0.25, 0.3) is 0 Å². The van der Waals surface area contributed by atoms with Gasteiger partial charge in [0.1, 0.15) is 5.60 Å². The van der Waals surface area contributed by atoms with Crippen LogP contribution < -0.4 is 5.32 Å². The van der Waals surface area contributed by atoms with Crippen molar-refractivity contribution in [3.05, 3.63) is 0 Å². The van der Waals surface area contributed by atoms with E-state index >= 15 is 0 Å². The molecule has 3 fully saturated rings. The molecule has 2 aliphatic heterocycles. The summed E-state index contributed by atoms with van der Waals surface area (Å²) in [4.78, 5) is 5.71. The number of piperidine rings is 1. The molecule has 2 heterocycles. The second-order valence-corrected chi connectivity index (χ2v) is 5.88. The molecule has 2 aliphatic carbocycles. The van der Waals surface area contributed by atoms with E-state index in [0.29, 0.717) is 5.92 Å². The van der Waals surface area contributed by atoms with Gasteiger partial charge >= 0.3 is 0 Å². The van der Waals surface area contributed by atoms with Crippen molar-refractivity contribution in [1.29, 1.82) is 0 Å². The average molecular weight is 206 g/mol. The van der Waals surface area contributed by atoms with Gasteiger partial charge < -0.3 is 10.2 Å². The van der Waals surface area contributed by atoms with E-state index in [4.69, 9.17) is 4.84 Å². The first-order valence-electron chi connectivity index (χ1n) is 6.26. The standard InChI is InChI=1S/C12H18N2O/c1-12-4-2-3-9(12)11(14-15-12)10-7-5-13-6-8(7)10/h7-10,13H,2-6H2,1H3/t7-,8+,9?,10?,12?. The van der Waals surface area contributed by atoms with Crippen molar-refractivity contribution >= 4 is 5.71 Å². The Morgan fingerprint density at radius 2 is 2.20 bits per heavy atom. The Kier molecular flexibility index (Phi) is 1.47. The monoisotopic (exact) mass is 206 g/mol. The van der Waals surface area contributed by atoms with Gasteiger partial charge in [-0.15, -0.1) is 0 Å². The van der Waals surface area contributed by atoms with Gasteiger partial charge in [-0.2, -0.15) is 0 Å². The molecule has 0 aromatic heterocycles. The van der Waals surface area contributed by atoms with Crippen molar-refractivity contribution in [3.8, 4) is 0 Å². The molecule has 3 nitrogen and oxygen atoms in total. The predicted octanol–water partition coefficient (Wildman–Crippen LogP) is 1.40. The molecular weight excluding hydrogens is 188 g/mol. The first-order chi connectivity index (χ1) is 7.30.